The molecule has 1 unspecified atom stereocenters. The quantitative estimate of drug-likeness (QED) is 0.502. The summed E-state index contributed by atoms with van der Waals surface area (Å²) in [6, 6.07) is 25.3. The smallest absolute Gasteiger partial charge is 0.329 e. The highest BCUT2D eigenvalue weighted by Crippen LogP contribution is 2.47. The van der Waals surface area contributed by atoms with Gasteiger partial charge >= 0.3 is 5.69 Å². The predicted molar refractivity (Wildman–Crippen MR) is 127 cm³/mol. The minimum absolute atomic E-state index is 0.107. The Kier molecular flexibility index (Phi) is 4.10. The van der Waals surface area contributed by atoms with Gasteiger partial charge in [0.05, 0.1) is 11.3 Å². The first-order valence-corrected chi connectivity index (χ1v) is 10.7. The fourth-order valence-electron chi connectivity index (χ4n) is 4.86. The van der Waals surface area contributed by atoms with E-state index in [0.717, 1.165) is 22.3 Å². The molecule has 2 aliphatic rings. The fourth-order valence-corrected chi connectivity index (χ4v) is 4.86. The van der Waals surface area contributed by atoms with E-state index >= 15 is 0 Å². The standard InChI is InChI=1S/C27H19N3O3/c1-30-25-22(26(32)29-27(30)33)20(17-13-11-16(12-14-17)15-7-3-2-4-8-15)21-23(28-25)18-9-5-6-10-19(18)24(21)31/h2-14,20,28H,1H3,(H,29,32,33). The third-order valence-corrected chi connectivity index (χ3v) is 6.49. The molecule has 33 heavy (non-hydrogen) atoms. The number of anilines is 1. The Morgan fingerprint density at radius 3 is 2.12 bits per heavy atom. The van der Waals surface area contributed by atoms with E-state index in [0.29, 0.717) is 28.2 Å². The molecule has 6 nitrogen and oxygen atoms in total. The van der Waals surface area contributed by atoms with Gasteiger partial charge < -0.3 is 5.32 Å². The van der Waals surface area contributed by atoms with Crippen molar-refractivity contribution in [2.24, 2.45) is 7.05 Å². The average molecular weight is 433 g/mol. The fraction of sp³-hybridized carbons (Fsp3) is 0.0741. The zero-order chi connectivity index (χ0) is 22.7. The van der Waals surface area contributed by atoms with Crippen LogP contribution in [0.25, 0.3) is 16.8 Å². The number of H-pyrrole nitrogens is 1. The van der Waals surface area contributed by atoms with E-state index < -0.39 is 17.2 Å². The molecule has 1 atom stereocenters. The van der Waals surface area contributed by atoms with Gasteiger partial charge in [-0.05, 0) is 16.7 Å². The van der Waals surface area contributed by atoms with Crippen molar-refractivity contribution in [3.8, 4) is 11.1 Å². The molecule has 4 aromatic rings. The molecule has 1 aliphatic heterocycles. The van der Waals surface area contributed by atoms with Crippen LogP contribution < -0.4 is 16.6 Å². The van der Waals surface area contributed by atoms with Crippen molar-refractivity contribution >= 4 is 17.3 Å². The monoisotopic (exact) mass is 433 g/mol. The van der Waals surface area contributed by atoms with E-state index in [-0.39, 0.29) is 5.78 Å². The molecular weight excluding hydrogens is 414 g/mol. The molecule has 0 bridgehead atoms. The van der Waals surface area contributed by atoms with E-state index in [1.54, 1.807) is 13.1 Å². The molecule has 0 radical (unpaired) electrons. The largest absolute Gasteiger partial charge is 0.340 e. The summed E-state index contributed by atoms with van der Waals surface area (Å²) in [4.78, 5) is 41.3. The van der Waals surface area contributed by atoms with E-state index in [9.17, 15) is 14.4 Å². The number of Topliss-reactive ketones (excluding diaryl/α,β-unsaturated/α-hetero) is 1. The SMILES string of the molecule is Cn1c2c(c(=O)[nH]c1=O)C(c1ccc(-c3ccccc3)cc1)C1=C(N2)c2ccccc2C1=O. The van der Waals surface area contributed by atoms with Crippen molar-refractivity contribution in [2.75, 3.05) is 5.32 Å². The summed E-state index contributed by atoms with van der Waals surface area (Å²) in [6.07, 6.45) is 0. The van der Waals surface area contributed by atoms with Gasteiger partial charge in [-0.15, -0.1) is 0 Å². The Morgan fingerprint density at radius 1 is 0.758 bits per heavy atom. The number of carbonyl (C=O) groups excluding carboxylic acids is 1. The number of fused-ring (bicyclic) bond motifs is 3. The molecule has 1 aromatic heterocycles. The number of nitrogens with one attached hydrogen (secondary N) is 2. The molecule has 3 aromatic carbocycles. The zero-order valence-corrected chi connectivity index (χ0v) is 17.8. The van der Waals surface area contributed by atoms with Crippen molar-refractivity contribution in [2.45, 2.75) is 5.92 Å². The van der Waals surface area contributed by atoms with E-state index in [4.69, 9.17) is 0 Å². The van der Waals surface area contributed by atoms with Crippen LogP contribution in [0, 0.1) is 0 Å². The molecule has 0 saturated heterocycles. The number of allylic oxidation sites excluding steroid dienone is 1. The molecule has 0 amide bonds. The van der Waals surface area contributed by atoms with E-state index in [2.05, 4.69) is 10.3 Å². The summed E-state index contributed by atoms with van der Waals surface area (Å²) in [7, 11) is 1.61. The molecule has 0 fully saturated rings. The number of aromatic nitrogens is 2. The second kappa shape index (κ2) is 7.03. The van der Waals surface area contributed by atoms with Crippen LogP contribution in [0.4, 0.5) is 5.82 Å². The van der Waals surface area contributed by atoms with Crippen LogP contribution in [-0.4, -0.2) is 15.3 Å². The van der Waals surface area contributed by atoms with Crippen LogP contribution in [0.15, 0.2) is 94.0 Å². The van der Waals surface area contributed by atoms with Gasteiger partial charge in [-0.3, -0.25) is 19.1 Å². The van der Waals surface area contributed by atoms with Gasteiger partial charge in [-0.2, -0.15) is 0 Å². The minimum atomic E-state index is -0.600. The molecule has 2 N–H and O–H groups in total. The zero-order valence-electron chi connectivity index (χ0n) is 17.8. The normalized spacial score (nSPS) is 16.2. The highest BCUT2D eigenvalue weighted by atomic mass is 16.2. The first kappa shape index (κ1) is 19.3. The number of aromatic amines is 1. The Morgan fingerprint density at radius 2 is 1.39 bits per heavy atom. The van der Waals surface area contributed by atoms with Gasteiger partial charge in [0.1, 0.15) is 5.82 Å². The maximum absolute atomic E-state index is 13.5. The van der Waals surface area contributed by atoms with Gasteiger partial charge in [0.25, 0.3) is 5.56 Å². The number of ketones is 1. The van der Waals surface area contributed by atoms with Crippen LogP contribution in [0.3, 0.4) is 0 Å². The molecule has 0 spiro atoms. The molecule has 2 heterocycles. The molecular formula is C27H19N3O3. The lowest BCUT2D eigenvalue weighted by Gasteiger charge is -2.29. The van der Waals surface area contributed by atoms with E-state index in [1.165, 1.54) is 4.57 Å². The lowest BCUT2D eigenvalue weighted by atomic mass is 9.81. The van der Waals surface area contributed by atoms with Gasteiger partial charge in [0.15, 0.2) is 5.78 Å². The molecule has 0 saturated carbocycles. The Balaban J connectivity index is 1.59. The maximum Gasteiger partial charge on any atom is 0.329 e. The summed E-state index contributed by atoms with van der Waals surface area (Å²) in [6.45, 7) is 0. The molecule has 6 heteroatoms. The lowest BCUT2D eigenvalue weighted by Crippen LogP contribution is -2.37. The lowest BCUT2D eigenvalue weighted by molar-refractivity contribution is 0.103. The summed E-state index contributed by atoms with van der Waals surface area (Å²) in [5, 5.41) is 3.23. The van der Waals surface area contributed by atoms with Crippen LogP contribution in [0.2, 0.25) is 0 Å². The van der Waals surface area contributed by atoms with Crippen molar-refractivity contribution in [1.82, 2.24) is 9.55 Å². The van der Waals surface area contributed by atoms with Crippen molar-refractivity contribution in [1.29, 1.82) is 0 Å². The Hall–Kier alpha value is -4.45. The van der Waals surface area contributed by atoms with Gasteiger partial charge in [0, 0.05) is 29.7 Å². The highest BCUT2D eigenvalue weighted by molar-refractivity contribution is 6.23. The first-order valence-electron chi connectivity index (χ1n) is 10.7. The third-order valence-electron chi connectivity index (χ3n) is 6.49. The van der Waals surface area contributed by atoms with Gasteiger partial charge in [0.2, 0.25) is 0 Å². The van der Waals surface area contributed by atoms with Crippen LogP contribution in [0.1, 0.15) is 33.0 Å². The van der Waals surface area contributed by atoms with Gasteiger partial charge in [-0.1, -0.05) is 78.9 Å². The van der Waals surface area contributed by atoms with Gasteiger partial charge in [-0.25, -0.2) is 4.79 Å². The van der Waals surface area contributed by atoms with Crippen molar-refractivity contribution in [3.63, 3.8) is 0 Å². The van der Waals surface area contributed by atoms with Crippen LogP contribution in [-0.2, 0) is 7.05 Å². The number of hydrogen-bond acceptors (Lipinski definition) is 4. The van der Waals surface area contributed by atoms with Crippen LogP contribution >= 0.6 is 0 Å². The number of carbonyl (C=O) groups is 1. The molecule has 160 valence electrons. The third kappa shape index (κ3) is 2.77. The second-order valence-corrected chi connectivity index (χ2v) is 8.29. The summed E-state index contributed by atoms with van der Waals surface area (Å²) in [5.41, 5.74) is 4.86. The number of rotatable bonds is 2. The maximum atomic E-state index is 13.5. The number of hydrogen-bond donors (Lipinski definition) is 2. The second-order valence-electron chi connectivity index (χ2n) is 8.29. The van der Waals surface area contributed by atoms with Crippen LogP contribution in [0.5, 0.6) is 0 Å². The summed E-state index contributed by atoms with van der Waals surface area (Å²) < 4.78 is 1.39. The average Bonchev–Trinajstić information content (AvgIpc) is 3.14. The molecule has 6 rings (SSSR count). The molecule has 1 aliphatic carbocycles. The topological polar surface area (TPSA) is 84.0 Å². The predicted octanol–water partition coefficient (Wildman–Crippen LogP) is 3.91. The van der Waals surface area contributed by atoms with E-state index in [1.807, 2.05) is 72.8 Å². The van der Waals surface area contributed by atoms with Crippen molar-refractivity contribution in [3.05, 3.63) is 128 Å². The first-order chi connectivity index (χ1) is 16.0. The number of benzene rings is 3. The summed E-state index contributed by atoms with van der Waals surface area (Å²) >= 11 is 0. The highest BCUT2D eigenvalue weighted by Gasteiger charge is 2.42. The number of nitrogens with zero attached hydrogens (tertiary/aromatic N) is 1. The summed E-state index contributed by atoms with van der Waals surface area (Å²) in [5.74, 6) is -0.301. The Labute approximate surface area is 188 Å². The minimum Gasteiger partial charge on any atom is -0.340 e. The Bertz CT molecular complexity index is 1590. The van der Waals surface area contributed by atoms with Crippen molar-refractivity contribution < 1.29 is 4.79 Å².